The molecule has 0 atom stereocenters. The van der Waals surface area contributed by atoms with Crippen LogP contribution < -0.4 is 11.1 Å². The zero-order chi connectivity index (χ0) is 13.0. The van der Waals surface area contributed by atoms with E-state index < -0.39 is 5.41 Å². The summed E-state index contributed by atoms with van der Waals surface area (Å²) in [6.45, 7) is 0.422. The van der Waals surface area contributed by atoms with Gasteiger partial charge in [-0.15, -0.1) is 0 Å². The van der Waals surface area contributed by atoms with Crippen LogP contribution in [0.1, 0.15) is 38.5 Å². The van der Waals surface area contributed by atoms with Crippen LogP contribution in [0.25, 0.3) is 0 Å². The van der Waals surface area contributed by atoms with Crippen molar-refractivity contribution in [3.63, 3.8) is 0 Å². The second-order valence-electron chi connectivity index (χ2n) is 4.82. The molecule has 1 heterocycles. The van der Waals surface area contributed by atoms with E-state index in [1.165, 1.54) is 24.2 Å². The fourth-order valence-electron chi connectivity index (χ4n) is 2.47. The van der Waals surface area contributed by atoms with E-state index in [0.717, 1.165) is 29.5 Å². The summed E-state index contributed by atoms with van der Waals surface area (Å²) in [5, 5.41) is 3.55. The molecule has 18 heavy (non-hydrogen) atoms. The molecule has 1 saturated carbocycles. The number of rotatable bonds is 3. The Labute approximate surface area is 119 Å². The van der Waals surface area contributed by atoms with Crippen LogP contribution in [-0.4, -0.2) is 17.4 Å². The average molecular weight is 332 g/mol. The maximum Gasteiger partial charge on any atom is 0.233 e. The van der Waals surface area contributed by atoms with Crippen LogP contribution in [0, 0.1) is 5.41 Å². The Morgan fingerprint density at radius 3 is 2.61 bits per heavy atom. The number of nitrogens with one attached hydrogen (secondary N) is 1. The third kappa shape index (κ3) is 3.10. The summed E-state index contributed by atoms with van der Waals surface area (Å²) in [5.74, 6) is 0.0359. The van der Waals surface area contributed by atoms with Gasteiger partial charge in [0.1, 0.15) is 0 Å². The van der Waals surface area contributed by atoms with E-state index in [4.69, 9.17) is 5.73 Å². The molecule has 0 spiro atoms. The Bertz CT molecular complexity index is 413. The van der Waals surface area contributed by atoms with Gasteiger partial charge >= 0.3 is 0 Å². The van der Waals surface area contributed by atoms with Crippen LogP contribution in [0.2, 0.25) is 0 Å². The van der Waals surface area contributed by atoms with E-state index in [1.54, 1.807) is 6.20 Å². The number of nitrogens with two attached hydrogens (primary N) is 1. The minimum atomic E-state index is -0.394. The average Bonchev–Trinajstić information content (AvgIpc) is 2.65. The number of amides is 1. The Balaban J connectivity index is 2.08. The highest BCUT2D eigenvalue weighted by Gasteiger charge is 2.37. The molecule has 3 N–H and O–H groups in total. The fourth-order valence-corrected chi connectivity index (χ4v) is 3.57. The molecular formula is C12H18BrN3OS. The number of anilines is 1. The molecule has 1 amide bonds. The number of hydrogen-bond acceptors (Lipinski definition) is 4. The number of thiazole rings is 1. The van der Waals surface area contributed by atoms with Gasteiger partial charge in [0.05, 0.1) is 15.4 Å². The first-order valence-corrected chi connectivity index (χ1v) is 7.90. The lowest BCUT2D eigenvalue weighted by atomic mass is 9.79. The molecular weight excluding hydrogens is 314 g/mol. The summed E-state index contributed by atoms with van der Waals surface area (Å²) < 4.78 is 0.917. The summed E-state index contributed by atoms with van der Waals surface area (Å²) in [4.78, 5) is 16.6. The third-order valence-corrected chi connectivity index (χ3v) is 5.02. The number of halogens is 1. The van der Waals surface area contributed by atoms with Crippen molar-refractivity contribution in [2.45, 2.75) is 38.5 Å². The van der Waals surface area contributed by atoms with Crippen LogP contribution in [0.15, 0.2) is 9.98 Å². The van der Waals surface area contributed by atoms with Crippen LogP contribution in [0.3, 0.4) is 0 Å². The minimum Gasteiger partial charge on any atom is -0.329 e. The lowest BCUT2D eigenvalue weighted by Gasteiger charge is -2.29. The molecule has 0 bridgehead atoms. The number of aromatic nitrogens is 1. The van der Waals surface area contributed by atoms with Crippen molar-refractivity contribution in [1.82, 2.24) is 4.98 Å². The maximum atomic E-state index is 12.4. The first-order valence-electron chi connectivity index (χ1n) is 6.29. The van der Waals surface area contributed by atoms with Gasteiger partial charge in [0, 0.05) is 6.54 Å². The van der Waals surface area contributed by atoms with Crippen molar-refractivity contribution in [2.75, 3.05) is 11.9 Å². The Hall–Kier alpha value is -0.460. The molecule has 1 aromatic rings. The molecule has 0 unspecified atom stereocenters. The highest BCUT2D eigenvalue weighted by molar-refractivity contribution is 9.11. The molecule has 1 aliphatic carbocycles. The molecule has 6 heteroatoms. The highest BCUT2D eigenvalue weighted by atomic mass is 79.9. The molecule has 2 rings (SSSR count). The van der Waals surface area contributed by atoms with E-state index in [-0.39, 0.29) is 5.91 Å². The third-order valence-electron chi connectivity index (χ3n) is 3.63. The zero-order valence-electron chi connectivity index (χ0n) is 10.2. The van der Waals surface area contributed by atoms with Crippen molar-refractivity contribution >= 4 is 38.3 Å². The van der Waals surface area contributed by atoms with Gasteiger partial charge in [0.15, 0.2) is 5.13 Å². The Kier molecular flexibility index (Phi) is 4.75. The smallest absolute Gasteiger partial charge is 0.233 e. The highest BCUT2D eigenvalue weighted by Crippen LogP contribution is 2.36. The van der Waals surface area contributed by atoms with Crippen molar-refractivity contribution < 1.29 is 4.79 Å². The van der Waals surface area contributed by atoms with Gasteiger partial charge in [-0.2, -0.15) is 0 Å². The quantitative estimate of drug-likeness (QED) is 0.836. The molecule has 0 aromatic carbocycles. The van der Waals surface area contributed by atoms with Gasteiger partial charge in [0.2, 0.25) is 5.91 Å². The van der Waals surface area contributed by atoms with Gasteiger partial charge in [0.25, 0.3) is 0 Å². The number of carbonyl (C=O) groups is 1. The first kappa shape index (κ1) is 14.0. The molecule has 0 radical (unpaired) electrons. The van der Waals surface area contributed by atoms with Crippen LogP contribution in [-0.2, 0) is 4.79 Å². The molecule has 4 nitrogen and oxygen atoms in total. The molecule has 1 aromatic heterocycles. The molecule has 0 aliphatic heterocycles. The summed E-state index contributed by atoms with van der Waals surface area (Å²) in [6, 6.07) is 0. The number of hydrogen-bond donors (Lipinski definition) is 2. The lowest BCUT2D eigenvalue weighted by molar-refractivity contribution is -0.125. The van der Waals surface area contributed by atoms with E-state index in [9.17, 15) is 4.79 Å². The zero-order valence-corrected chi connectivity index (χ0v) is 12.6. The predicted octanol–water partition coefficient (Wildman–Crippen LogP) is 3.14. The SMILES string of the molecule is NCC1(C(=O)Nc2ncc(Br)s2)CCCCCC1. The van der Waals surface area contributed by atoms with Gasteiger partial charge in [-0.25, -0.2) is 4.98 Å². The van der Waals surface area contributed by atoms with Gasteiger partial charge in [-0.05, 0) is 28.8 Å². The number of nitrogens with zero attached hydrogens (tertiary/aromatic N) is 1. The normalized spacial score (nSPS) is 19.2. The maximum absolute atomic E-state index is 12.4. The largest absolute Gasteiger partial charge is 0.329 e. The summed E-state index contributed by atoms with van der Waals surface area (Å²) in [6.07, 6.45) is 8.07. The van der Waals surface area contributed by atoms with E-state index in [1.807, 2.05) is 0 Å². The van der Waals surface area contributed by atoms with Gasteiger partial charge in [-0.1, -0.05) is 37.0 Å². The summed E-state index contributed by atoms with van der Waals surface area (Å²) in [7, 11) is 0. The van der Waals surface area contributed by atoms with Crippen LogP contribution in [0.4, 0.5) is 5.13 Å². The molecule has 0 saturated heterocycles. The summed E-state index contributed by atoms with van der Waals surface area (Å²) >= 11 is 4.77. The lowest BCUT2D eigenvalue weighted by Crippen LogP contribution is -2.42. The van der Waals surface area contributed by atoms with Crippen molar-refractivity contribution in [1.29, 1.82) is 0 Å². The first-order chi connectivity index (χ1) is 8.66. The predicted molar refractivity (Wildman–Crippen MR) is 77.6 cm³/mol. The standard InChI is InChI=1S/C12H18BrN3OS/c13-9-7-15-11(18-9)16-10(17)12(8-14)5-3-1-2-4-6-12/h7H,1-6,8,14H2,(H,15,16,17). The summed E-state index contributed by atoms with van der Waals surface area (Å²) in [5.41, 5.74) is 5.49. The second-order valence-corrected chi connectivity index (χ2v) is 7.23. The molecule has 1 aliphatic rings. The second kappa shape index (κ2) is 6.12. The van der Waals surface area contributed by atoms with E-state index >= 15 is 0 Å². The van der Waals surface area contributed by atoms with Crippen molar-refractivity contribution in [3.05, 3.63) is 9.98 Å². The monoisotopic (exact) mass is 331 g/mol. The van der Waals surface area contributed by atoms with E-state index in [0.29, 0.717) is 11.7 Å². The minimum absolute atomic E-state index is 0.0359. The Morgan fingerprint density at radius 1 is 1.44 bits per heavy atom. The van der Waals surface area contributed by atoms with Crippen molar-refractivity contribution in [3.8, 4) is 0 Å². The molecule has 100 valence electrons. The fraction of sp³-hybridized carbons (Fsp3) is 0.667. The van der Waals surface area contributed by atoms with Crippen molar-refractivity contribution in [2.24, 2.45) is 11.1 Å². The van der Waals surface area contributed by atoms with E-state index in [2.05, 4.69) is 26.2 Å². The number of carbonyl (C=O) groups excluding carboxylic acids is 1. The van der Waals surface area contributed by atoms with Gasteiger partial charge in [-0.3, -0.25) is 4.79 Å². The van der Waals surface area contributed by atoms with Crippen LogP contribution in [0.5, 0.6) is 0 Å². The van der Waals surface area contributed by atoms with Gasteiger partial charge < -0.3 is 11.1 Å². The molecule has 1 fully saturated rings. The van der Waals surface area contributed by atoms with Crippen LogP contribution >= 0.6 is 27.3 Å². The Morgan fingerprint density at radius 2 is 2.11 bits per heavy atom. The topological polar surface area (TPSA) is 68.0 Å².